The lowest BCUT2D eigenvalue weighted by atomic mass is 9.87. The van der Waals surface area contributed by atoms with E-state index in [0.717, 1.165) is 97.8 Å². The average Bonchev–Trinajstić information content (AvgIpc) is 0.743. The zero-order valence-corrected chi connectivity index (χ0v) is 78.8. The molecule has 778 valence electrons. The number of nitrogens with zero attached hydrogens (tertiary/aromatic N) is 1. The van der Waals surface area contributed by atoms with Crippen LogP contribution in [0.2, 0.25) is 0 Å². The van der Waals surface area contributed by atoms with Crippen LogP contribution in [0.25, 0.3) is 0 Å². The predicted octanol–water partition coefficient (Wildman–Crippen LogP) is -0.256. The molecule has 0 spiro atoms. The number of carboxylic acid groups (broad SMARTS) is 2. The van der Waals surface area contributed by atoms with Crippen LogP contribution in [0.5, 0.6) is 0 Å². The summed E-state index contributed by atoms with van der Waals surface area (Å²) in [6, 6.07) is -7.42. The standard InChI is InChI=1S/C92H162N4O38/c1-7-9-11-13-15-17-19-21-22-23-24-25-26-27-28-29-30-32-34-36-38-40-42-44-66(109)95-57(58(105)43-41-39-37-35-33-31-20-18-16-14-12-10-8-2)52-124-87-78(118)76(116)80(64(50-100)127-87)129-88-79(119)84(81(65(51-101)128-88)130-86-69(74(114)72(112)62(48-98)126-86)96(56(6)104)85-77(117)75(115)70(110)53(3)125-85)134-92(90(122)123)46-60(107)68(94-55(5)103)83(133-92)73(113)63(49-99)131-91(89(120)121)45-59(106)67(93-54(4)102)82(132-91)71(111)61(108)47-97/h21-22,41,43,53,57-65,67-88,97-101,105-108,110-119H,7-20,23-40,42,44-52H2,1-6H3,(H,93,102)(H,94,103)(H,95,109)(H,120,121)(H,122,123)/b22-21-,43-41+/t53?,57-,58+,59?,60?,61+,62?,63+,64?,65?,67+,68+,69?,70+,71+,72-,73+,74+,75?,76+,77-,78?,79?,80+,81-,82?,83?,84+,85-,86-,87+,88-,91+,92-/m0/s1. The van der Waals surface area contributed by atoms with E-state index in [1.54, 1.807) is 6.08 Å². The molecule has 24 N–H and O–H groups in total. The lowest BCUT2D eigenvalue weighted by molar-refractivity contribution is -0.404. The Hall–Kier alpha value is -4.90. The first-order chi connectivity index (χ1) is 64.0. The van der Waals surface area contributed by atoms with Crippen LogP contribution in [0.15, 0.2) is 24.3 Å². The molecule has 0 aromatic carbocycles. The number of unbranched alkanes of at least 4 members (excludes halogenated alkanes) is 30. The molecular weight excluding hydrogens is 1770 g/mol. The second-order valence-electron chi connectivity index (χ2n) is 36.8. The van der Waals surface area contributed by atoms with Crippen molar-refractivity contribution in [2.75, 3.05) is 39.6 Å². The minimum atomic E-state index is -3.72. The van der Waals surface area contributed by atoms with Crippen molar-refractivity contribution in [2.45, 2.75) is 480 Å². The van der Waals surface area contributed by atoms with Crippen molar-refractivity contribution < 1.29 is 188 Å². The smallest absolute Gasteiger partial charge is 0.364 e. The Morgan fingerprint density at radius 3 is 1.37 bits per heavy atom. The van der Waals surface area contributed by atoms with Crippen LogP contribution in [0, 0.1) is 0 Å². The van der Waals surface area contributed by atoms with E-state index in [9.17, 15) is 136 Å². The van der Waals surface area contributed by atoms with Crippen LogP contribution >= 0.6 is 0 Å². The van der Waals surface area contributed by atoms with E-state index >= 15 is 0 Å². The maximum Gasteiger partial charge on any atom is 0.364 e. The van der Waals surface area contributed by atoms with Gasteiger partial charge in [-0.15, -0.1) is 0 Å². The molecule has 0 aromatic rings. The molecular formula is C92H162N4O38. The number of aliphatic hydroxyl groups is 19. The third-order valence-electron chi connectivity index (χ3n) is 26.0. The van der Waals surface area contributed by atoms with Gasteiger partial charge in [-0.2, -0.15) is 0 Å². The van der Waals surface area contributed by atoms with Gasteiger partial charge in [-0.05, 0) is 51.9 Å². The first kappa shape index (κ1) is 118. The summed E-state index contributed by atoms with van der Waals surface area (Å²) in [5.74, 6) is -15.3. The Labute approximate surface area is 785 Å². The van der Waals surface area contributed by atoms with Gasteiger partial charge in [-0.3, -0.25) is 19.2 Å². The molecule has 12 unspecified atom stereocenters. The zero-order chi connectivity index (χ0) is 98.9. The van der Waals surface area contributed by atoms with E-state index < -0.39 is 295 Å². The number of nitrogens with one attached hydrogen (secondary N) is 3. The van der Waals surface area contributed by atoms with Crippen LogP contribution in [0.4, 0.5) is 0 Å². The summed E-state index contributed by atoms with van der Waals surface area (Å²) in [7, 11) is 0. The molecule has 6 saturated heterocycles. The van der Waals surface area contributed by atoms with Gasteiger partial charge in [0, 0.05) is 40.0 Å². The minimum absolute atomic E-state index is 0.0819. The maximum atomic E-state index is 14.5. The lowest BCUT2D eigenvalue weighted by Crippen LogP contribution is -2.73. The average molecular weight is 1930 g/mol. The topological polar surface area (TPSA) is 668 Å². The fraction of sp³-hybridized carbons (Fsp3) is 0.891. The van der Waals surface area contributed by atoms with Crippen LogP contribution in [-0.4, -0.2) is 395 Å². The Kier molecular flexibility index (Phi) is 53.7. The molecule has 0 bridgehead atoms. The molecule has 6 heterocycles. The summed E-state index contributed by atoms with van der Waals surface area (Å²) in [5.41, 5.74) is 0. The largest absolute Gasteiger partial charge is 0.477 e. The lowest BCUT2D eigenvalue weighted by Gasteiger charge is -2.54. The van der Waals surface area contributed by atoms with Crippen LogP contribution in [0.3, 0.4) is 0 Å². The van der Waals surface area contributed by atoms with Gasteiger partial charge in [-0.25, -0.2) is 9.59 Å². The van der Waals surface area contributed by atoms with Crippen LogP contribution in [0.1, 0.15) is 273 Å². The number of carbonyl (C=O) groups excluding carboxylic acids is 4. The first-order valence-electron chi connectivity index (χ1n) is 48.7. The van der Waals surface area contributed by atoms with Gasteiger partial charge < -0.3 is 180 Å². The van der Waals surface area contributed by atoms with E-state index in [2.05, 4.69) is 41.9 Å². The molecule has 42 nitrogen and oxygen atoms in total. The number of aliphatic carboxylic acids is 2. The molecule has 6 fully saturated rings. The van der Waals surface area contributed by atoms with Gasteiger partial charge in [0.05, 0.1) is 82.2 Å². The highest BCUT2D eigenvalue weighted by Gasteiger charge is 2.65. The number of allylic oxidation sites excluding steroid dienone is 3. The normalized spacial score (nSPS) is 34.0. The number of hydrogen-bond donors (Lipinski definition) is 24. The van der Waals surface area contributed by atoms with E-state index in [1.165, 1.54) is 135 Å². The van der Waals surface area contributed by atoms with Gasteiger partial charge in [-0.1, -0.05) is 205 Å². The summed E-state index contributed by atoms with van der Waals surface area (Å²) < 4.78 is 66.6. The number of rotatable bonds is 64. The molecule has 6 aliphatic rings. The summed E-state index contributed by atoms with van der Waals surface area (Å²) in [5, 5.41) is 248. The molecule has 0 aromatic heterocycles. The second-order valence-corrected chi connectivity index (χ2v) is 36.8. The van der Waals surface area contributed by atoms with Gasteiger partial charge in [0.25, 0.3) is 11.6 Å². The molecule has 0 radical (unpaired) electrons. The Bertz CT molecular complexity index is 3400. The highest BCUT2D eigenvalue weighted by atomic mass is 16.8. The SMILES string of the molecule is CCCCCCCC/C=C\CCCCCCCCCCCCCCCC(=O)N[C@@H](CO[C@@H]1OC(CO)[C@@H](O[C@@H]2OC(CO)[C@H](O[C@@H]3OC(CO)[C@H](O)[C@H](O)C3N(C(C)=O)[C@H]3OC(C)[C@@H](O)C(O)[C@@H]3O)[C@H](O[C@]3(C(=O)O)CC(O)[C@@H](NC(C)=O)C([C@H](O)[C@@H](CO)O[C@]4(C(=O)O)CC(O)[C@@H](NC(C)=O)C([C@H](O)[C@H](O)CO)O4)O3)C2O)[C@H](O)C1O)[C@H](O)/C=C/CCCCCCCCCCCCC. The fourth-order valence-electron chi connectivity index (χ4n) is 18.2. The third kappa shape index (κ3) is 35.1. The van der Waals surface area contributed by atoms with Crippen LogP contribution in [-0.2, 0) is 80.9 Å². The number of carboxylic acids is 2. The number of hydrogen-bond acceptors (Lipinski definition) is 36. The molecule has 4 amide bonds. The predicted molar refractivity (Wildman–Crippen MR) is 475 cm³/mol. The maximum absolute atomic E-state index is 14.5. The highest BCUT2D eigenvalue weighted by molar-refractivity contribution is 5.78. The summed E-state index contributed by atoms with van der Waals surface area (Å²) in [6.07, 6.45) is -20.5. The van der Waals surface area contributed by atoms with Gasteiger partial charge in [0.2, 0.25) is 23.6 Å². The molecule has 0 aliphatic carbocycles. The molecule has 42 heteroatoms. The first-order valence-corrected chi connectivity index (χ1v) is 48.7. The summed E-state index contributed by atoms with van der Waals surface area (Å²) in [6.45, 7) is 1.11. The van der Waals surface area contributed by atoms with Crippen molar-refractivity contribution >= 4 is 35.6 Å². The van der Waals surface area contributed by atoms with Gasteiger partial charge in [0.15, 0.2) is 25.1 Å². The summed E-state index contributed by atoms with van der Waals surface area (Å²) >= 11 is 0. The summed E-state index contributed by atoms with van der Waals surface area (Å²) in [4.78, 5) is 81.8. The van der Waals surface area contributed by atoms with Crippen LogP contribution < -0.4 is 16.0 Å². The van der Waals surface area contributed by atoms with Gasteiger partial charge >= 0.3 is 11.9 Å². The monoisotopic (exact) mass is 1930 g/mol. The third-order valence-corrected chi connectivity index (χ3v) is 26.0. The molecule has 0 saturated carbocycles. The van der Waals surface area contributed by atoms with Crippen molar-refractivity contribution in [2.24, 2.45) is 0 Å². The van der Waals surface area contributed by atoms with Gasteiger partial charge in [0.1, 0.15) is 128 Å². The van der Waals surface area contributed by atoms with Crippen molar-refractivity contribution in [3.8, 4) is 0 Å². The van der Waals surface area contributed by atoms with E-state index in [0.29, 0.717) is 17.7 Å². The van der Waals surface area contributed by atoms with Crippen molar-refractivity contribution in [1.82, 2.24) is 20.9 Å². The van der Waals surface area contributed by atoms with E-state index in [-0.39, 0.29) is 6.42 Å². The number of aliphatic hydroxyl groups excluding tert-OH is 19. The molecule has 34 atom stereocenters. The second kappa shape index (κ2) is 61.1. The molecule has 6 aliphatic heterocycles. The van der Waals surface area contributed by atoms with Crippen molar-refractivity contribution in [3.05, 3.63) is 24.3 Å². The Morgan fingerprint density at radius 2 is 0.896 bits per heavy atom. The van der Waals surface area contributed by atoms with Crippen molar-refractivity contribution in [1.29, 1.82) is 0 Å². The highest BCUT2D eigenvalue weighted by Crippen LogP contribution is 2.44. The quantitative estimate of drug-likeness (QED) is 0.0276. The number of ether oxygens (including phenoxy) is 11. The molecule has 134 heavy (non-hydrogen) atoms. The fourth-order valence-corrected chi connectivity index (χ4v) is 18.2. The number of amides is 4. The van der Waals surface area contributed by atoms with E-state index in [4.69, 9.17) is 52.1 Å². The Balaban J connectivity index is 1.27. The van der Waals surface area contributed by atoms with Crippen molar-refractivity contribution in [3.63, 3.8) is 0 Å². The van der Waals surface area contributed by atoms with E-state index in [1.807, 2.05) is 0 Å². The zero-order valence-electron chi connectivity index (χ0n) is 78.8. The molecule has 6 rings (SSSR count). The number of carbonyl (C=O) groups is 6. The minimum Gasteiger partial charge on any atom is -0.477 e. The Morgan fingerprint density at radius 1 is 0.455 bits per heavy atom.